The first-order chi connectivity index (χ1) is 11.0. The zero-order chi connectivity index (χ0) is 16.4. The molecular weight excluding hydrogens is 330 g/mol. The first kappa shape index (κ1) is 15.6. The molecule has 1 aromatic heterocycles. The van der Waals surface area contributed by atoms with Crippen LogP contribution in [0.25, 0.3) is 11.3 Å². The van der Waals surface area contributed by atoms with E-state index in [4.69, 9.17) is 11.6 Å². The van der Waals surface area contributed by atoms with Crippen molar-refractivity contribution in [2.45, 2.75) is 13.8 Å². The third-order valence-corrected chi connectivity index (χ3v) is 4.43. The molecule has 3 aromatic rings. The van der Waals surface area contributed by atoms with E-state index in [0.29, 0.717) is 15.6 Å². The third-order valence-electron chi connectivity index (χ3n) is 3.45. The predicted octanol–water partition coefficient (Wildman–Crippen LogP) is 4.73. The molecule has 0 unspecified atom stereocenters. The fraction of sp³-hybridized carbons (Fsp3) is 0.118. The zero-order valence-electron chi connectivity index (χ0n) is 12.6. The van der Waals surface area contributed by atoms with Crippen LogP contribution in [0.3, 0.4) is 0 Å². The molecule has 6 heteroatoms. The van der Waals surface area contributed by atoms with Crippen LogP contribution in [0, 0.1) is 13.8 Å². The van der Waals surface area contributed by atoms with Gasteiger partial charge < -0.3 is 5.32 Å². The number of anilines is 1. The second-order valence-corrected chi connectivity index (χ2v) is 6.42. The highest BCUT2D eigenvalue weighted by atomic mass is 35.5. The smallest absolute Gasteiger partial charge is 0.269 e. The van der Waals surface area contributed by atoms with E-state index in [1.165, 1.54) is 0 Å². The number of carbonyl (C=O) groups excluding carboxylic acids is 1. The number of aromatic nitrogens is 2. The van der Waals surface area contributed by atoms with Crippen LogP contribution in [0.5, 0.6) is 0 Å². The number of hydrogen-bond acceptors (Lipinski definition) is 4. The van der Waals surface area contributed by atoms with Gasteiger partial charge >= 0.3 is 0 Å². The summed E-state index contributed by atoms with van der Waals surface area (Å²) in [6.07, 6.45) is 0. The lowest BCUT2D eigenvalue weighted by molar-refractivity contribution is 0.103. The molecule has 0 radical (unpaired) electrons. The number of hydrogen-bond donors (Lipinski definition) is 1. The second-order valence-electron chi connectivity index (χ2n) is 5.23. The molecule has 0 fully saturated rings. The molecule has 0 bridgehead atoms. The minimum absolute atomic E-state index is 0.210. The molecule has 0 saturated carbocycles. The van der Waals surface area contributed by atoms with Crippen LogP contribution in [0.4, 0.5) is 5.69 Å². The molecule has 1 N–H and O–H groups in total. The minimum Gasteiger partial charge on any atom is -0.321 e. The Morgan fingerprint density at radius 2 is 1.87 bits per heavy atom. The van der Waals surface area contributed by atoms with Crippen molar-refractivity contribution in [2.24, 2.45) is 0 Å². The highest BCUT2D eigenvalue weighted by molar-refractivity contribution is 7.08. The zero-order valence-corrected chi connectivity index (χ0v) is 14.2. The van der Waals surface area contributed by atoms with Crippen molar-refractivity contribution in [2.75, 3.05) is 5.32 Å². The molecule has 2 aromatic carbocycles. The van der Waals surface area contributed by atoms with E-state index in [0.717, 1.165) is 33.9 Å². The van der Waals surface area contributed by atoms with Crippen molar-refractivity contribution in [1.29, 1.82) is 0 Å². The van der Waals surface area contributed by atoms with Gasteiger partial charge in [0.2, 0.25) is 0 Å². The quantitative estimate of drug-likeness (QED) is 0.748. The van der Waals surface area contributed by atoms with Gasteiger partial charge in [-0.25, -0.2) is 0 Å². The summed E-state index contributed by atoms with van der Waals surface area (Å²) in [6.45, 7) is 3.95. The number of aryl methyl sites for hydroxylation is 2. The highest BCUT2D eigenvalue weighted by Gasteiger charge is 2.18. The van der Waals surface area contributed by atoms with Crippen molar-refractivity contribution >= 4 is 34.7 Å². The van der Waals surface area contributed by atoms with E-state index < -0.39 is 0 Å². The summed E-state index contributed by atoms with van der Waals surface area (Å²) in [5.74, 6) is -0.210. The van der Waals surface area contributed by atoms with Crippen LogP contribution in [0.1, 0.15) is 20.8 Å². The summed E-state index contributed by atoms with van der Waals surface area (Å²) in [5, 5.41) is 7.66. The van der Waals surface area contributed by atoms with Gasteiger partial charge in [-0.05, 0) is 54.7 Å². The van der Waals surface area contributed by atoms with Crippen LogP contribution in [0.2, 0.25) is 5.02 Å². The highest BCUT2D eigenvalue weighted by Crippen LogP contribution is 2.26. The van der Waals surface area contributed by atoms with Gasteiger partial charge in [0.15, 0.2) is 0 Å². The molecule has 0 aliphatic carbocycles. The van der Waals surface area contributed by atoms with Crippen molar-refractivity contribution in [3.05, 3.63) is 63.5 Å². The molecule has 3 rings (SSSR count). The van der Waals surface area contributed by atoms with Gasteiger partial charge in [0.25, 0.3) is 5.91 Å². The van der Waals surface area contributed by atoms with Crippen molar-refractivity contribution in [1.82, 2.24) is 9.59 Å². The molecule has 0 aliphatic rings. The summed E-state index contributed by atoms with van der Waals surface area (Å²) in [4.78, 5) is 13.1. The van der Waals surface area contributed by atoms with E-state index >= 15 is 0 Å². The number of halogens is 1. The van der Waals surface area contributed by atoms with Crippen LogP contribution >= 0.6 is 23.1 Å². The van der Waals surface area contributed by atoms with E-state index in [-0.39, 0.29) is 5.91 Å². The van der Waals surface area contributed by atoms with Crippen LogP contribution in [-0.4, -0.2) is 15.5 Å². The van der Waals surface area contributed by atoms with Gasteiger partial charge in [-0.3, -0.25) is 4.79 Å². The first-order valence-corrected chi connectivity index (χ1v) is 8.16. The van der Waals surface area contributed by atoms with Gasteiger partial charge in [-0.15, -0.1) is 5.10 Å². The number of amides is 1. The molecule has 1 amide bonds. The number of rotatable bonds is 3. The monoisotopic (exact) mass is 343 g/mol. The second kappa shape index (κ2) is 6.48. The molecule has 0 atom stereocenters. The SMILES string of the molecule is Cc1ccc(C)c(NC(=O)c2snnc2-c2ccc(Cl)cc2)c1. The third kappa shape index (κ3) is 3.41. The summed E-state index contributed by atoms with van der Waals surface area (Å²) < 4.78 is 3.92. The predicted molar refractivity (Wildman–Crippen MR) is 94.2 cm³/mol. The van der Waals surface area contributed by atoms with Gasteiger partial charge in [0, 0.05) is 16.3 Å². The number of nitrogens with one attached hydrogen (secondary N) is 1. The molecule has 23 heavy (non-hydrogen) atoms. The Labute approximate surface area is 143 Å². The van der Waals surface area contributed by atoms with Crippen molar-refractivity contribution in [3.8, 4) is 11.3 Å². The van der Waals surface area contributed by atoms with Gasteiger partial charge in [0.1, 0.15) is 10.6 Å². The van der Waals surface area contributed by atoms with Gasteiger partial charge in [0.05, 0.1) is 0 Å². The Kier molecular flexibility index (Phi) is 4.41. The number of benzene rings is 2. The molecule has 0 aliphatic heterocycles. The summed E-state index contributed by atoms with van der Waals surface area (Å²) >= 11 is 6.98. The standard InChI is InChI=1S/C17H14ClN3OS/c1-10-3-4-11(2)14(9-10)19-17(22)16-15(20-21-23-16)12-5-7-13(18)8-6-12/h3-9H,1-2H3,(H,19,22). The van der Waals surface area contributed by atoms with Crippen LogP contribution in [0.15, 0.2) is 42.5 Å². The average Bonchev–Trinajstić information content (AvgIpc) is 3.01. The molecule has 0 saturated heterocycles. The Hall–Kier alpha value is -2.24. The lowest BCUT2D eigenvalue weighted by Crippen LogP contribution is -2.12. The number of nitrogens with zero attached hydrogens (tertiary/aromatic N) is 2. The number of carbonyl (C=O) groups is 1. The van der Waals surface area contributed by atoms with Gasteiger partial charge in [-0.1, -0.05) is 40.4 Å². The molecular formula is C17H14ClN3OS. The van der Waals surface area contributed by atoms with Crippen molar-refractivity contribution < 1.29 is 4.79 Å². The average molecular weight is 344 g/mol. The van der Waals surface area contributed by atoms with E-state index in [1.807, 2.05) is 44.2 Å². The lowest BCUT2D eigenvalue weighted by atomic mass is 10.1. The summed E-state index contributed by atoms with van der Waals surface area (Å²) in [5.41, 5.74) is 4.27. The maximum Gasteiger partial charge on any atom is 0.269 e. The van der Waals surface area contributed by atoms with Gasteiger partial charge in [-0.2, -0.15) is 0 Å². The fourth-order valence-electron chi connectivity index (χ4n) is 2.19. The summed E-state index contributed by atoms with van der Waals surface area (Å²) in [6, 6.07) is 13.1. The Balaban J connectivity index is 1.91. The summed E-state index contributed by atoms with van der Waals surface area (Å²) in [7, 11) is 0. The molecule has 4 nitrogen and oxygen atoms in total. The van der Waals surface area contributed by atoms with Crippen molar-refractivity contribution in [3.63, 3.8) is 0 Å². The Bertz CT molecular complexity index is 859. The minimum atomic E-state index is -0.210. The maximum atomic E-state index is 12.6. The fourth-order valence-corrected chi connectivity index (χ4v) is 2.90. The first-order valence-electron chi connectivity index (χ1n) is 7.01. The van der Waals surface area contributed by atoms with Crippen LogP contribution < -0.4 is 5.32 Å². The molecule has 0 spiro atoms. The largest absolute Gasteiger partial charge is 0.321 e. The Morgan fingerprint density at radius 3 is 2.61 bits per heavy atom. The van der Waals surface area contributed by atoms with E-state index in [2.05, 4.69) is 14.9 Å². The van der Waals surface area contributed by atoms with E-state index in [9.17, 15) is 4.79 Å². The lowest BCUT2D eigenvalue weighted by Gasteiger charge is -2.09. The molecule has 1 heterocycles. The topological polar surface area (TPSA) is 54.9 Å². The molecule has 116 valence electrons. The van der Waals surface area contributed by atoms with E-state index in [1.54, 1.807) is 12.1 Å². The maximum absolute atomic E-state index is 12.6. The Morgan fingerprint density at radius 1 is 1.13 bits per heavy atom. The van der Waals surface area contributed by atoms with Crippen LogP contribution in [-0.2, 0) is 0 Å². The normalized spacial score (nSPS) is 10.6.